The largest absolute Gasteiger partial charge is 0.490 e. The SMILES string of the molecule is Cc1ccc(C(=O)N2C[C@@H](c3ccnn3C(C)C)[C@@]3(CCCN(C)C3=O)C2)s1.O=C(O)C(F)(F)F. The molecule has 0 aromatic carbocycles. The van der Waals surface area contributed by atoms with Crippen molar-refractivity contribution in [2.75, 3.05) is 26.7 Å². The van der Waals surface area contributed by atoms with Gasteiger partial charge in [-0.15, -0.1) is 11.3 Å². The molecule has 8 nitrogen and oxygen atoms in total. The van der Waals surface area contributed by atoms with Gasteiger partial charge in [-0.25, -0.2) is 4.79 Å². The topological polar surface area (TPSA) is 95.7 Å². The molecule has 35 heavy (non-hydrogen) atoms. The zero-order valence-electron chi connectivity index (χ0n) is 20.0. The quantitative estimate of drug-likeness (QED) is 0.669. The normalized spacial score (nSPS) is 22.5. The first-order valence-electron chi connectivity index (χ1n) is 11.2. The fourth-order valence-corrected chi connectivity index (χ4v) is 5.70. The molecule has 4 rings (SSSR count). The second kappa shape index (κ2) is 10.00. The summed E-state index contributed by atoms with van der Waals surface area (Å²) in [6, 6.07) is 6.12. The highest BCUT2D eigenvalue weighted by Crippen LogP contribution is 2.49. The number of hydrogen-bond donors (Lipinski definition) is 1. The molecule has 0 saturated carbocycles. The molecule has 2 aromatic rings. The van der Waals surface area contributed by atoms with Crippen LogP contribution < -0.4 is 0 Å². The molecule has 2 atom stereocenters. The van der Waals surface area contributed by atoms with Crippen molar-refractivity contribution in [1.82, 2.24) is 19.6 Å². The summed E-state index contributed by atoms with van der Waals surface area (Å²) in [5.74, 6) is -2.58. The van der Waals surface area contributed by atoms with Gasteiger partial charge in [0.25, 0.3) is 5.91 Å². The maximum atomic E-state index is 13.4. The summed E-state index contributed by atoms with van der Waals surface area (Å²) in [5.41, 5.74) is 0.512. The van der Waals surface area contributed by atoms with Gasteiger partial charge in [0.05, 0.1) is 10.3 Å². The molecule has 2 aliphatic rings. The molecule has 0 aliphatic carbocycles. The van der Waals surface area contributed by atoms with E-state index in [0.717, 1.165) is 34.8 Å². The number of likely N-dealkylation sites (tertiary alicyclic amines) is 2. The molecule has 0 unspecified atom stereocenters. The van der Waals surface area contributed by atoms with Crippen molar-refractivity contribution in [1.29, 1.82) is 0 Å². The van der Waals surface area contributed by atoms with Crippen LogP contribution >= 0.6 is 11.3 Å². The zero-order valence-corrected chi connectivity index (χ0v) is 20.8. The van der Waals surface area contributed by atoms with Crippen LogP contribution in [-0.4, -0.2) is 75.3 Å². The van der Waals surface area contributed by atoms with Crippen molar-refractivity contribution in [2.24, 2.45) is 5.41 Å². The maximum Gasteiger partial charge on any atom is 0.490 e. The molecule has 1 N–H and O–H groups in total. The van der Waals surface area contributed by atoms with E-state index in [9.17, 15) is 22.8 Å². The van der Waals surface area contributed by atoms with E-state index < -0.39 is 17.6 Å². The van der Waals surface area contributed by atoms with Gasteiger partial charge in [-0.05, 0) is 51.8 Å². The number of carboxylic acids is 1. The number of carbonyl (C=O) groups is 3. The van der Waals surface area contributed by atoms with Gasteiger partial charge < -0.3 is 14.9 Å². The first-order chi connectivity index (χ1) is 16.3. The first kappa shape index (κ1) is 26.7. The van der Waals surface area contributed by atoms with Crippen molar-refractivity contribution >= 4 is 29.1 Å². The van der Waals surface area contributed by atoms with E-state index in [1.807, 2.05) is 52.8 Å². The third-order valence-corrected chi connectivity index (χ3v) is 7.45. The fraction of sp³-hybridized carbons (Fsp3) is 0.565. The Bertz CT molecular complexity index is 1100. The Labute approximate surface area is 205 Å². The van der Waals surface area contributed by atoms with Crippen molar-refractivity contribution in [3.05, 3.63) is 39.8 Å². The van der Waals surface area contributed by atoms with Crippen molar-refractivity contribution < 1.29 is 32.7 Å². The number of carbonyl (C=O) groups excluding carboxylic acids is 2. The number of aryl methyl sites for hydroxylation is 1. The fourth-order valence-electron chi connectivity index (χ4n) is 4.87. The lowest BCUT2D eigenvalue weighted by molar-refractivity contribution is -0.192. The number of amides is 2. The Kier molecular flexibility index (Phi) is 7.63. The Morgan fingerprint density at radius 1 is 1.26 bits per heavy atom. The number of halogens is 3. The highest BCUT2D eigenvalue weighted by molar-refractivity contribution is 7.13. The third kappa shape index (κ3) is 5.36. The van der Waals surface area contributed by atoms with Crippen LogP contribution in [0, 0.1) is 12.3 Å². The number of hydrogen-bond acceptors (Lipinski definition) is 5. The van der Waals surface area contributed by atoms with E-state index in [0.29, 0.717) is 13.1 Å². The van der Waals surface area contributed by atoms with Crippen LogP contribution in [0.2, 0.25) is 0 Å². The Morgan fingerprint density at radius 2 is 1.91 bits per heavy atom. The number of aliphatic carboxylic acids is 1. The van der Waals surface area contributed by atoms with Gasteiger partial charge in [-0.1, -0.05) is 0 Å². The van der Waals surface area contributed by atoms with Crippen LogP contribution in [0.15, 0.2) is 24.4 Å². The first-order valence-corrected chi connectivity index (χ1v) is 12.0. The monoisotopic (exact) mass is 514 g/mol. The van der Waals surface area contributed by atoms with Gasteiger partial charge in [0.1, 0.15) is 0 Å². The van der Waals surface area contributed by atoms with E-state index in [2.05, 4.69) is 18.9 Å². The molecule has 0 radical (unpaired) electrons. The van der Waals surface area contributed by atoms with Gasteiger partial charge in [0.2, 0.25) is 5.91 Å². The van der Waals surface area contributed by atoms with Crippen LogP contribution in [0.25, 0.3) is 0 Å². The lowest BCUT2D eigenvalue weighted by atomic mass is 9.70. The summed E-state index contributed by atoms with van der Waals surface area (Å²) >= 11 is 1.52. The molecule has 4 heterocycles. The van der Waals surface area contributed by atoms with Crippen LogP contribution in [0.3, 0.4) is 0 Å². The second-order valence-electron chi connectivity index (χ2n) is 9.23. The van der Waals surface area contributed by atoms with E-state index in [1.165, 1.54) is 11.3 Å². The highest BCUT2D eigenvalue weighted by Gasteiger charge is 2.56. The lowest BCUT2D eigenvalue weighted by Crippen LogP contribution is -2.51. The van der Waals surface area contributed by atoms with E-state index >= 15 is 0 Å². The smallest absolute Gasteiger partial charge is 0.475 e. The predicted octanol–water partition coefficient (Wildman–Crippen LogP) is 3.95. The van der Waals surface area contributed by atoms with Gasteiger partial charge in [0, 0.05) is 55.4 Å². The van der Waals surface area contributed by atoms with Crippen molar-refractivity contribution in [3.63, 3.8) is 0 Å². The maximum absolute atomic E-state index is 13.4. The van der Waals surface area contributed by atoms with Gasteiger partial charge in [0.15, 0.2) is 0 Å². The molecule has 2 fully saturated rings. The van der Waals surface area contributed by atoms with Gasteiger partial charge in [-0.3, -0.25) is 14.3 Å². The number of alkyl halides is 3. The van der Waals surface area contributed by atoms with Crippen LogP contribution in [0.1, 0.15) is 58.9 Å². The van der Waals surface area contributed by atoms with Gasteiger partial charge >= 0.3 is 12.1 Å². The van der Waals surface area contributed by atoms with Crippen LogP contribution in [0.4, 0.5) is 13.2 Å². The lowest BCUT2D eigenvalue weighted by Gasteiger charge is -2.41. The predicted molar refractivity (Wildman–Crippen MR) is 123 cm³/mol. The molecule has 12 heteroatoms. The summed E-state index contributed by atoms with van der Waals surface area (Å²) in [6.07, 6.45) is -1.49. The molecule has 2 amide bonds. The van der Waals surface area contributed by atoms with E-state index in [1.54, 1.807) is 0 Å². The number of rotatable bonds is 3. The Hall–Kier alpha value is -2.89. The molecule has 2 aliphatic heterocycles. The average molecular weight is 515 g/mol. The summed E-state index contributed by atoms with van der Waals surface area (Å²) in [6.45, 7) is 8.05. The number of carboxylic acid groups (broad SMARTS) is 1. The van der Waals surface area contributed by atoms with E-state index in [-0.39, 0.29) is 23.8 Å². The molecule has 2 saturated heterocycles. The summed E-state index contributed by atoms with van der Waals surface area (Å²) < 4.78 is 33.7. The summed E-state index contributed by atoms with van der Waals surface area (Å²) in [4.78, 5) is 41.1. The number of piperidine rings is 1. The standard InChI is InChI=1S/C21H28N4O2S.C2HF3O2/c1-14(2)25-17(8-10-22-25)16-12-24(19(26)18-7-6-15(3)28-18)13-21(16)9-5-11-23(4)20(21)27;3-2(4,5)1(6)7/h6-8,10,14,16H,5,9,11-13H2,1-4H3;(H,6,7)/t16-,21+;/m0./s1. The van der Waals surface area contributed by atoms with Crippen molar-refractivity contribution in [2.45, 2.75) is 51.7 Å². The minimum Gasteiger partial charge on any atom is -0.475 e. The molecular weight excluding hydrogens is 485 g/mol. The zero-order chi connectivity index (χ0) is 26.1. The van der Waals surface area contributed by atoms with Gasteiger partial charge in [-0.2, -0.15) is 18.3 Å². The molecule has 1 spiro atoms. The van der Waals surface area contributed by atoms with Crippen molar-refractivity contribution in [3.8, 4) is 0 Å². The molecule has 0 bridgehead atoms. The third-order valence-electron chi connectivity index (χ3n) is 6.46. The molecular formula is C23H29F3N4O4S. The second-order valence-corrected chi connectivity index (χ2v) is 10.5. The van der Waals surface area contributed by atoms with Crippen LogP contribution in [-0.2, 0) is 9.59 Å². The molecule has 192 valence electrons. The summed E-state index contributed by atoms with van der Waals surface area (Å²) in [5, 5.41) is 11.6. The van der Waals surface area contributed by atoms with E-state index in [4.69, 9.17) is 9.90 Å². The van der Waals surface area contributed by atoms with Crippen LogP contribution in [0.5, 0.6) is 0 Å². The minimum absolute atomic E-state index is 0.0299. The number of nitrogens with zero attached hydrogens (tertiary/aromatic N) is 4. The average Bonchev–Trinajstić information content (AvgIpc) is 3.49. The Balaban J connectivity index is 0.000000429. The number of thiophene rings is 1. The summed E-state index contributed by atoms with van der Waals surface area (Å²) in [7, 11) is 1.88. The highest BCUT2D eigenvalue weighted by atomic mass is 32.1. The molecule has 2 aromatic heterocycles. The Morgan fingerprint density at radius 3 is 2.46 bits per heavy atom. The number of aromatic nitrogens is 2. The minimum atomic E-state index is -5.08.